The van der Waals surface area contributed by atoms with Crippen LogP contribution in [0.3, 0.4) is 0 Å². The van der Waals surface area contributed by atoms with E-state index in [1.807, 2.05) is 0 Å². The second kappa shape index (κ2) is 14.4. The molecule has 0 saturated carbocycles. The van der Waals surface area contributed by atoms with Gasteiger partial charge in [-0.15, -0.1) is 0 Å². The van der Waals surface area contributed by atoms with Crippen LogP contribution in [0.4, 0.5) is 23.7 Å². The van der Waals surface area contributed by atoms with Gasteiger partial charge >= 0.3 is 12.2 Å². The van der Waals surface area contributed by atoms with Crippen LogP contribution >= 0.6 is 23.2 Å². The van der Waals surface area contributed by atoms with Gasteiger partial charge in [-0.3, -0.25) is 4.79 Å². The van der Waals surface area contributed by atoms with E-state index in [0.29, 0.717) is 40.9 Å². The smallest absolute Gasteiger partial charge is 0.353 e. The highest BCUT2D eigenvalue weighted by Gasteiger charge is 2.29. The molecule has 0 aromatic heterocycles. The number of carbonyl (C=O) groups is 2. The van der Waals surface area contributed by atoms with E-state index in [0.717, 1.165) is 57.5 Å². The van der Waals surface area contributed by atoms with Crippen LogP contribution in [0.5, 0.6) is 0 Å². The minimum absolute atomic E-state index is 0.159. The molecule has 1 saturated heterocycles. The van der Waals surface area contributed by atoms with E-state index in [1.54, 1.807) is 23.1 Å². The minimum atomic E-state index is -4.38. The summed E-state index contributed by atoms with van der Waals surface area (Å²) in [4.78, 5) is 28.7. The van der Waals surface area contributed by atoms with Gasteiger partial charge in [-0.2, -0.15) is 13.2 Å². The molecule has 3 rings (SSSR count). The van der Waals surface area contributed by atoms with Crippen LogP contribution in [0.2, 0.25) is 10.0 Å². The maximum atomic E-state index is 12.6. The summed E-state index contributed by atoms with van der Waals surface area (Å²) in [6, 6.07) is 9.48. The maximum absolute atomic E-state index is 12.6. The number of anilines is 1. The number of benzene rings is 2. The molecule has 6 nitrogen and oxygen atoms in total. The Morgan fingerprint density at radius 1 is 0.921 bits per heavy atom. The lowest BCUT2D eigenvalue weighted by Crippen LogP contribution is -2.38. The maximum Gasteiger partial charge on any atom is 0.416 e. The molecule has 206 valence electrons. The molecule has 3 amide bonds. The van der Waals surface area contributed by atoms with Gasteiger partial charge in [0.1, 0.15) is 0 Å². The number of unbranched alkanes of at least 4 members (excludes halogenated alkanes) is 2. The fraction of sp³-hybridized carbons (Fsp3) is 0.407. The summed E-state index contributed by atoms with van der Waals surface area (Å²) in [5, 5.41) is 6.49. The number of hydrogen-bond acceptors (Lipinski definition) is 3. The van der Waals surface area contributed by atoms with Crippen LogP contribution in [0, 0.1) is 0 Å². The van der Waals surface area contributed by atoms with Gasteiger partial charge in [0, 0.05) is 37.9 Å². The summed E-state index contributed by atoms with van der Waals surface area (Å²) >= 11 is 11.9. The first-order valence-electron chi connectivity index (χ1n) is 12.5. The fourth-order valence-electron chi connectivity index (χ4n) is 4.04. The SMILES string of the molecule is O=C(/C=C/c1ccc(C(F)(F)F)cc1)NCCCCCN1CCCN(C(=O)Nc2ccc(Cl)c(Cl)c2)CC1. The summed E-state index contributed by atoms with van der Waals surface area (Å²) < 4.78 is 37.8. The number of nitrogens with zero attached hydrogens (tertiary/aromatic N) is 2. The van der Waals surface area contributed by atoms with Gasteiger partial charge < -0.3 is 20.4 Å². The zero-order valence-electron chi connectivity index (χ0n) is 20.9. The molecule has 2 N–H and O–H groups in total. The third-order valence-electron chi connectivity index (χ3n) is 6.16. The van der Waals surface area contributed by atoms with Gasteiger partial charge in [-0.25, -0.2) is 4.79 Å². The van der Waals surface area contributed by atoms with Crippen molar-refractivity contribution >= 4 is 46.9 Å². The molecule has 0 bridgehead atoms. The predicted molar refractivity (Wildman–Crippen MR) is 145 cm³/mol. The molecule has 0 unspecified atom stereocenters. The van der Waals surface area contributed by atoms with Crippen molar-refractivity contribution < 1.29 is 22.8 Å². The van der Waals surface area contributed by atoms with Crippen molar-refractivity contribution in [3.05, 3.63) is 69.7 Å². The molecule has 0 spiro atoms. The highest BCUT2D eigenvalue weighted by Crippen LogP contribution is 2.29. The molecule has 2 aromatic rings. The fourth-order valence-corrected chi connectivity index (χ4v) is 4.33. The number of hydrogen-bond donors (Lipinski definition) is 2. The quantitative estimate of drug-likeness (QED) is 0.265. The lowest BCUT2D eigenvalue weighted by atomic mass is 10.1. The number of halogens is 5. The molecule has 2 aromatic carbocycles. The van der Waals surface area contributed by atoms with E-state index in [1.165, 1.54) is 24.3 Å². The van der Waals surface area contributed by atoms with Crippen molar-refractivity contribution in [1.82, 2.24) is 15.1 Å². The highest BCUT2D eigenvalue weighted by atomic mass is 35.5. The van der Waals surface area contributed by atoms with E-state index >= 15 is 0 Å². The van der Waals surface area contributed by atoms with Gasteiger partial charge in [0.2, 0.25) is 5.91 Å². The van der Waals surface area contributed by atoms with Crippen molar-refractivity contribution in [2.75, 3.05) is 44.6 Å². The Balaban J connectivity index is 1.28. The molecule has 1 fully saturated rings. The van der Waals surface area contributed by atoms with E-state index < -0.39 is 11.7 Å². The van der Waals surface area contributed by atoms with E-state index in [4.69, 9.17) is 23.2 Å². The van der Waals surface area contributed by atoms with Crippen molar-refractivity contribution in [1.29, 1.82) is 0 Å². The Morgan fingerprint density at radius 2 is 1.68 bits per heavy atom. The van der Waals surface area contributed by atoms with Crippen molar-refractivity contribution in [3.8, 4) is 0 Å². The first-order valence-corrected chi connectivity index (χ1v) is 13.2. The normalized spacial score (nSPS) is 14.9. The topological polar surface area (TPSA) is 64.7 Å². The van der Waals surface area contributed by atoms with E-state index in [2.05, 4.69) is 15.5 Å². The molecule has 1 aliphatic rings. The molecule has 38 heavy (non-hydrogen) atoms. The number of carbonyl (C=O) groups excluding carboxylic acids is 2. The number of amides is 3. The lowest BCUT2D eigenvalue weighted by Gasteiger charge is -2.22. The van der Waals surface area contributed by atoms with Gasteiger partial charge in [-0.1, -0.05) is 41.8 Å². The molecule has 1 aliphatic heterocycles. The molecule has 0 aliphatic carbocycles. The van der Waals surface area contributed by atoms with Gasteiger partial charge in [0.05, 0.1) is 15.6 Å². The summed E-state index contributed by atoms with van der Waals surface area (Å²) in [7, 11) is 0. The molecular weight excluding hydrogens is 540 g/mol. The van der Waals surface area contributed by atoms with Crippen molar-refractivity contribution in [2.24, 2.45) is 0 Å². The molecular formula is C27H31Cl2F3N4O2. The van der Waals surface area contributed by atoms with Crippen molar-refractivity contribution in [2.45, 2.75) is 31.9 Å². The van der Waals surface area contributed by atoms with Gasteiger partial charge in [0.15, 0.2) is 0 Å². The average molecular weight is 571 g/mol. The largest absolute Gasteiger partial charge is 0.416 e. The van der Waals surface area contributed by atoms with Crippen LogP contribution in [0.15, 0.2) is 48.5 Å². The third kappa shape index (κ3) is 9.85. The second-order valence-electron chi connectivity index (χ2n) is 9.05. The second-order valence-corrected chi connectivity index (χ2v) is 9.86. The highest BCUT2D eigenvalue weighted by molar-refractivity contribution is 6.42. The van der Waals surface area contributed by atoms with Crippen molar-refractivity contribution in [3.63, 3.8) is 0 Å². The number of rotatable bonds is 9. The molecule has 11 heteroatoms. The van der Waals surface area contributed by atoms with Crippen LogP contribution in [-0.4, -0.2) is 61.0 Å². The van der Waals surface area contributed by atoms with E-state index in [-0.39, 0.29) is 11.9 Å². The number of nitrogens with one attached hydrogen (secondary N) is 2. The molecule has 1 heterocycles. The molecule has 0 atom stereocenters. The summed E-state index contributed by atoms with van der Waals surface area (Å²) in [6.07, 6.45) is 2.07. The Hall–Kier alpha value is -2.75. The van der Waals surface area contributed by atoms with E-state index in [9.17, 15) is 22.8 Å². The molecule has 0 radical (unpaired) electrons. The van der Waals surface area contributed by atoms with Crippen LogP contribution in [-0.2, 0) is 11.0 Å². The monoisotopic (exact) mass is 570 g/mol. The minimum Gasteiger partial charge on any atom is -0.353 e. The average Bonchev–Trinajstić information content (AvgIpc) is 3.12. The van der Waals surface area contributed by atoms with Crippen LogP contribution < -0.4 is 10.6 Å². The van der Waals surface area contributed by atoms with Crippen LogP contribution in [0.1, 0.15) is 36.8 Å². The zero-order chi connectivity index (χ0) is 27.5. The first-order chi connectivity index (χ1) is 18.1. The Kier molecular flexibility index (Phi) is 11.3. The summed E-state index contributed by atoms with van der Waals surface area (Å²) in [5.41, 5.74) is 0.408. The Bertz CT molecular complexity index is 1110. The van der Waals surface area contributed by atoms with Gasteiger partial charge in [-0.05, 0) is 74.3 Å². The summed E-state index contributed by atoms with van der Waals surface area (Å²) in [5.74, 6) is -0.281. The summed E-state index contributed by atoms with van der Waals surface area (Å²) in [6.45, 7) is 4.47. The number of alkyl halides is 3. The third-order valence-corrected chi connectivity index (χ3v) is 6.90. The van der Waals surface area contributed by atoms with Crippen LogP contribution in [0.25, 0.3) is 6.08 Å². The first kappa shape index (κ1) is 29.8. The predicted octanol–water partition coefficient (Wildman–Crippen LogP) is 6.55. The number of urea groups is 1. The zero-order valence-corrected chi connectivity index (χ0v) is 22.4. The standard InChI is InChI=1S/C27H31Cl2F3N4O2/c28-23-11-10-22(19-24(23)29)34-26(38)36-16-4-15-35(17-18-36)14-3-1-2-13-33-25(37)12-7-20-5-8-21(9-6-20)27(30,31)32/h5-12,19H,1-4,13-18H2,(H,33,37)(H,34,38)/b12-7+. The lowest BCUT2D eigenvalue weighted by molar-refractivity contribution is -0.137. The Morgan fingerprint density at radius 3 is 2.39 bits per heavy atom. The Labute approximate surface area is 230 Å². The van der Waals surface area contributed by atoms with Gasteiger partial charge in [0.25, 0.3) is 0 Å².